The van der Waals surface area contributed by atoms with Crippen LogP contribution in [-0.4, -0.2) is 26.6 Å². The number of hydrogen-bond donors (Lipinski definition) is 0. The van der Waals surface area contributed by atoms with E-state index >= 15 is 0 Å². The third kappa shape index (κ3) is 2.07. The first-order chi connectivity index (χ1) is 8.99. The van der Waals surface area contributed by atoms with Gasteiger partial charge in [0.15, 0.2) is 5.82 Å². The summed E-state index contributed by atoms with van der Waals surface area (Å²) in [5.74, 6) is 0.0750. The molecule has 102 valence electrons. The normalized spacial score (nSPS) is 34.8. The highest BCUT2D eigenvalue weighted by Crippen LogP contribution is 2.44. The molecule has 2 aliphatic rings. The summed E-state index contributed by atoms with van der Waals surface area (Å²) in [7, 11) is 0. The summed E-state index contributed by atoms with van der Waals surface area (Å²) in [4.78, 5) is 26.4. The van der Waals surface area contributed by atoms with Crippen molar-refractivity contribution in [2.45, 2.75) is 29.4 Å². The van der Waals surface area contributed by atoms with E-state index in [4.69, 9.17) is 4.52 Å². The first kappa shape index (κ1) is 13.3. The SMILES string of the molecule is Cc1cc(N2C(=O)C3CC(Br)C(Br)CC3C2=O)no1. The van der Waals surface area contributed by atoms with Crippen molar-refractivity contribution in [2.24, 2.45) is 11.8 Å². The Kier molecular flexibility index (Phi) is 3.29. The number of imide groups is 1. The van der Waals surface area contributed by atoms with Crippen LogP contribution < -0.4 is 4.90 Å². The van der Waals surface area contributed by atoms with Crippen LogP contribution >= 0.6 is 31.9 Å². The Morgan fingerprint density at radius 1 is 1.21 bits per heavy atom. The van der Waals surface area contributed by atoms with Gasteiger partial charge >= 0.3 is 0 Å². The largest absolute Gasteiger partial charge is 0.360 e. The van der Waals surface area contributed by atoms with Crippen molar-refractivity contribution in [3.63, 3.8) is 0 Å². The summed E-state index contributed by atoms with van der Waals surface area (Å²) in [6.07, 6.45) is 1.33. The lowest BCUT2D eigenvalue weighted by Gasteiger charge is -2.29. The predicted molar refractivity (Wildman–Crippen MR) is 75.4 cm³/mol. The van der Waals surface area contributed by atoms with Crippen LogP contribution in [0.1, 0.15) is 18.6 Å². The molecule has 4 unspecified atom stereocenters. The van der Waals surface area contributed by atoms with Crippen LogP contribution in [0.2, 0.25) is 0 Å². The molecule has 1 aliphatic heterocycles. The molecule has 0 N–H and O–H groups in total. The van der Waals surface area contributed by atoms with Crippen LogP contribution in [0, 0.1) is 18.8 Å². The molecule has 2 amide bonds. The van der Waals surface area contributed by atoms with Crippen molar-refractivity contribution in [3.05, 3.63) is 11.8 Å². The summed E-state index contributed by atoms with van der Waals surface area (Å²) in [5.41, 5.74) is 0. The zero-order valence-electron chi connectivity index (χ0n) is 10.2. The maximum Gasteiger partial charge on any atom is 0.239 e. The van der Waals surface area contributed by atoms with Crippen LogP contribution in [0.15, 0.2) is 10.6 Å². The van der Waals surface area contributed by atoms with E-state index in [-0.39, 0.29) is 33.3 Å². The molecule has 0 aromatic carbocycles. The lowest BCUT2D eigenvalue weighted by molar-refractivity contribution is -0.122. The molecule has 1 aromatic rings. The molecule has 0 spiro atoms. The van der Waals surface area contributed by atoms with Crippen LogP contribution in [-0.2, 0) is 9.59 Å². The highest BCUT2D eigenvalue weighted by Gasteiger charge is 2.53. The van der Waals surface area contributed by atoms with Crippen molar-refractivity contribution in [1.82, 2.24) is 5.16 Å². The molecule has 2 fully saturated rings. The molecule has 4 atom stereocenters. The number of carbonyl (C=O) groups is 2. The average Bonchev–Trinajstić information content (AvgIpc) is 2.86. The second-order valence-corrected chi connectivity index (χ2v) is 7.38. The van der Waals surface area contributed by atoms with Gasteiger partial charge in [-0.15, -0.1) is 0 Å². The first-order valence-corrected chi connectivity index (χ1v) is 7.91. The Balaban J connectivity index is 1.93. The molecule has 5 nitrogen and oxygen atoms in total. The zero-order valence-corrected chi connectivity index (χ0v) is 13.3. The van der Waals surface area contributed by atoms with Crippen LogP contribution in [0.4, 0.5) is 5.82 Å². The van der Waals surface area contributed by atoms with Crippen molar-refractivity contribution in [2.75, 3.05) is 4.90 Å². The number of rotatable bonds is 1. The van der Waals surface area contributed by atoms with Crippen molar-refractivity contribution >= 4 is 49.5 Å². The lowest BCUT2D eigenvalue weighted by atomic mass is 9.81. The Bertz CT molecular complexity index is 517. The summed E-state index contributed by atoms with van der Waals surface area (Å²) in [6, 6.07) is 1.62. The maximum atomic E-state index is 12.4. The van der Waals surface area contributed by atoms with Gasteiger partial charge in [-0.25, -0.2) is 4.90 Å². The number of carbonyl (C=O) groups excluding carboxylic acids is 2. The molecule has 0 bridgehead atoms. The Hall–Kier alpha value is -0.690. The van der Waals surface area contributed by atoms with Gasteiger partial charge in [0.2, 0.25) is 11.8 Å². The van der Waals surface area contributed by atoms with E-state index in [2.05, 4.69) is 37.0 Å². The molecule has 2 heterocycles. The zero-order chi connectivity index (χ0) is 13.7. The van der Waals surface area contributed by atoms with E-state index < -0.39 is 0 Å². The summed E-state index contributed by atoms with van der Waals surface area (Å²) >= 11 is 7.11. The summed E-state index contributed by atoms with van der Waals surface area (Å²) in [5, 5.41) is 3.78. The van der Waals surface area contributed by atoms with E-state index in [1.807, 2.05) is 0 Å². The molecule has 3 rings (SSSR count). The van der Waals surface area contributed by atoms with Crippen LogP contribution in [0.5, 0.6) is 0 Å². The molecular formula is C12H12Br2N2O3. The Labute approximate surface area is 126 Å². The third-order valence-corrected chi connectivity index (χ3v) is 6.49. The molecule has 1 aromatic heterocycles. The van der Waals surface area contributed by atoms with E-state index in [0.717, 1.165) is 0 Å². The van der Waals surface area contributed by atoms with Gasteiger partial charge in [0.05, 0.1) is 11.8 Å². The minimum absolute atomic E-state index is 0.160. The number of aryl methyl sites for hydroxylation is 1. The fourth-order valence-electron chi connectivity index (χ4n) is 2.78. The molecule has 0 radical (unpaired) electrons. The minimum atomic E-state index is -0.248. The van der Waals surface area contributed by atoms with Gasteiger partial charge in [0.25, 0.3) is 0 Å². The minimum Gasteiger partial charge on any atom is -0.360 e. The van der Waals surface area contributed by atoms with Crippen molar-refractivity contribution < 1.29 is 14.1 Å². The second kappa shape index (κ2) is 4.70. The van der Waals surface area contributed by atoms with E-state index in [0.29, 0.717) is 24.4 Å². The number of aromatic nitrogens is 1. The summed E-state index contributed by atoms with van der Waals surface area (Å²) < 4.78 is 4.95. The van der Waals surface area contributed by atoms with Crippen LogP contribution in [0.25, 0.3) is 0 Å². The van der Waals surface area contributed by atoms with E-state index in [1.165, 1.54) is 4.90 Å². The van der Waals surface area contributed by atoms with Gasteiger partial charge in [-0.05, 0) is 19.8 Å². The van der Waals surface area contributed by atoms with Crippen molar-refractivity contribution in [3.8, 4) is 0 Å². The second-order valence-electron chi connectivity index (χ2n) is 5.02. The molecule has 1 saturated carbocycles. The topological polar surface area (TPSA) is 63.4 Å². The smallest absolute Gasteiger partial charge is 0.239 e. The third-order valence-electron chi connectivity index (χ3n) is 3.76. The maximum absolute atomic E-state index is 12.4. The van der Waals surface area contributed by atoms with Gasteiger partial charge in [-0.2, -0.15) is 0 Å². The molecule has 1 aliphatic carbocycles. The van der Waals surface area contributed by atoms with Gasteiger partial charge < -0.3 is 4.52 Å². The average molecular weight is 392 g/mol. The highest BCUT2D eigenvalue weighted by molar-refractivity contribution is 9.12. The standard InChI is InChI=1S/C12H12Br2N2O3/c1-5-2-10(15-19-5)16-11(17)6-3-8(13)9(14)4-7(6)12(16)18/h2,6-9H,3-4H2,1H3. The van der Waals surface area contributed by atoms with Gasteiger partial charge in [0.1, 0.15) is 5.76 Å². The molecule has 7 heteroatoms. The number of anilines is 1. The fraction of sp³-hybridized carbons (Fsp3) is 0.583. The predicted octanol–water partition coefficient (Wildman–Crippen LogP) is 2.41. The summed E-state index contributed by atoms with van der Waals surface area (Å²) in [6.45, 7) is 1.73. The van der Waals surface area contributed by atoms with Gasteiger partial charge in [-0.1, -0.05) is 37.0 Å². The monoisotopic (exact) mass is 390 g/mol. The molecule has 19 heavy (non-hydrogen) atoms. The molecular weight excluding hydrogens is 380 g/mol. The van der Waals surface area contributed by atoms with E-state index in [9.17, 15) is 9.59 Å². The molecule has 1 saturated heterocycles. The number of alkyl halides is 2. The Morgan fingerprint density at radius 2 is 1.74 bits per heavy atom. The number of nitrogens with zero attached hydrogens (tertiary/aromatic N) is 2. The van der Waals surface area contributed by atoms with Crippen molar-refractivity contribution in [1.29, 1.82) is 0 Å². The Morgan fingerprint density at radius 3 is 2.16 bits per heavy atom. The fourth-order valence-corrected chi connectivity index (χ4v) is 4.02. The number of hydrogen-bond acceptors (Lipinski definition) is 4. The lowest BCUT2D eigenvalue weighted by Crippen LogP contribution is -2.34. The first-order valence-electron chi connectivity index (χ1n) is 6.08. The number of halogens is 2. The van der Waals surface area contributed by atoms with Crippen LogP contribution in [0.3, 0.4) is 0 Å². The van der Waals surface area contributed by atoms with Gasteiger partial charge in [-0.3, -0.25) is 9.59 Å². The highest BCUT2D eigenvalue weighted by atomic mass is 79.9. The van der Waals surface area contributed by atoms with Gasteiger partial charge in [0, 0.05) is 15.7 Å². The quantitative estimate of drug-likeness (QED) is 0.544. The number of fused-ring (bicyclic) bond motifs is 1. The van der Waals surface area contributed by atoms with E-state index in [1.54, 1.807) is 13.0 Å². The number of amides is 2.